The molecule has 12 N–H and O–H groups in total. The average Bonchev–Trinajstić information content (AvgIpc) is 2.52. The van der Waals surface area contributed by atoms with Gasteiger partial charge in [0.25, 0.3) is 0 Å². The summed E-state index contributed by atoms with van der Waals surface area (Å²) in [5, 5.41) is 32.3. The van der Waals surface area contributed by atoms with Gasteiger partial charge in [-0.2, -0.15) is 0 Å². The third kappa shape index (κ3) is 26.9. The van der Waals surface area contributed by atoms with E-state index in [4.69, 9.17) is 37.6 Å². The molecule has 0 spiro atoms. The van der Waals surface area contributed by atoms with Crippen LogP contribution in [-0.4, -0.2) is 69.5 Å². The number of aliphatic carboxylic acids is 4. The van der Waals surface area contributed by atoms with Crippen molar-refractivity contribution in [3.63, 3.8) is 0 Å². The topological polar surface area (TPSA) is 253 Å². The summed E-state index contributed by atoms with van der Waals surface area (Å²) in [7, 11) is 0. The van der Waals surface area contributed by atoms with E-state index in [1.807, 2.05) is 0 Å². The molecule has 2 atom stereocenters. The lowest BCUT2D eigenvalue weighted by Crippen LogP contribution is -2.32. The molecule has 25 heavy (non-hydrogen) atoms. The van der Waals surface area contributed by atoms with Gasteiger partial charge in [-0.15, -0.1) is 0 Å². The maximum Gasteiger partial charge on any atom is 0.320 e. The van der Waals surface area contributed by atoms with Crippen LogP contribution < -0.4 is 22.9 Å². The quantitative estimate of drug-likeness (QED) is 0.191. The van der Waals surface area contributed by atoms with Crippen molar-refractivity contribution in [3.05, 3.63) is 0 Å². The summed E-state index contributed by atoms with van der Waals surface area (Å²) in [6.45, 7) is 0.0491. The lowest BCUT2D eigenvalue weighted by Gasteiger charge is -2.03. The minimum Gasteiger partial charge on any atom is -0.481 e. The highest BCUT2D eigenvalue weighted by atomic mass is 16.4. The van der Waals surface area contributed by atoms with Gasteiger partial charge in [0, 0.05) is 6.42 Å². The van der Waals surface area contributed by atoms with Gasteiger partial charge in [0.1, 0.15) is 12.1 Å². The molecular formula is C13H28N4O8. The second-order valence-electron chi connectivity index (χ2n) is 4.70. The minimum atomic E-state index is -1.04. The Kier molecular flexibility index (Phi) is 19.9. The van der Waals surface area contributed by atoms with Gasteiger partial charge >= 0.3 is 23.9 Å². The zero-order valence-electron chi connectivity index (χ0n) is 13.8. The van der Waals surface area contributed by atoms with Gasteiger partial charge in [0.05, 0.1) is 6.54 Å². The van der Waals surface area contributed by atoms with Crippen molar-refractivity contribution >= 4 is 23.9 Å². The van der Waals surface area contributed by atoms with Crippen LogP contribution in [0.1, 0.15) is 32.1 Å². The molecule has 0 aromatic carbocycles. The number of carboxylic acids is 4. The zero-order chi connectivity index (χ0) is 20.4. The van der Waals surface area contributed by atoms with E-state index in [0.717, 1.165) is 0 Å². The number of carboxylic acid groups (broad SMARTS) is 4. The van der Waals surface area contributed by atoms with E-state index in [1.54, 1.807) is 0 Å². The first kappa shape index (κ1) is 27.6. The molecule has 12 nitrogen and oxygen atoms in total. The molecule has 2 unspecified atom stereocenters. The highest BCUT2D eigenvalue weighted by Crippen LogP contribution is 2.02. The Morgan fingerprint density at radius 1 is 0.720 bits per heavy atom. The van der Waals surface area contributed by atoms with Gasteiger partial charge < -0.3 is 43.4 Å². The van der Waals surface area contributed by atoms with Crippen LogP contribution in [0, 0.1) is 0 Å². The standard InChI is InChI=1S/C7H13NO4.C4H10N2O2.C2H5NO2/c8-5(7(11)12)3-1-2-4-6(9)10;5-2-1-3(6)4(7)8;3-1-2(4)5/h5H,1-4,8H2,(H,9,10)(H,11,12);3H,1-2,5-6H2,(H,7,8);1,3H2,(H,4,5). The van der Waals surface area contributed by atoms with Crippen molar-refractivity contribution in [3.8, 4) is 0 Å². The molecule has 0 fully saturated rings. The molecule has 12 heteroatoms. The highest BCUT2D eigenvalue weighted by molar-refractivity contribution is 5.73. The fourth-order valence-corrected chi connectivity index (χ4v) is 1.07. The Bertz CT molecular complexity index is 405. The van der Waals surface area contributed by atoms with E-state index >= 15 is 0 Å². The Labute approximate surface area is 144 Å². The lowest BCUT2D eigenvalue weighted by atomic mass is 10.1. The minimum absolute atomic E-state index is 0.0757. The lowest BCUT2D eigenvalue weighted by molar-refractivity contribution is -0.139. The Morgan fingerprint density at radius 3 is 1.36 bits per heavy atom. The van der Waals surface area contributed by atoms with Crippen LogP contribution in [0.25, 0.3) is 0 Å². The maximum absolute atomic E-state index is 10.2. The summed E-state index contributed by atoms with van der Waals surface area (Å²) in [6.07, 6.45) is 1.78. The summed E-state index contributed by atoms with van der Waals surface area (Å²) in [5.41, 5.74) is 19.8. The summed E-state index contributed by atoms with van der Waals surface area (Å²) in [6, 6.07) is -1.65. The first-order valence-corrected chi connectivity index (χ1v) is 7.30. The monoisotopic (exact) mass is 368 g/mol. The Morgan fingerprint density at radius 2 is 1.12 bits per heavy atom. The van der Waals surface area contributed by atoms with E-state index in [2.05, 4.69) is 5.73 Å². The number of hydrogen-bond acceptors (Lipinski definition) is 8. The van der Waals surface area contributed by atoms with Crippen molar-refractivity contribution in [1.29, 1.82) is 0 Å². The fraction of sp³-hybridized carbons (Fsp3) is 0.692. The molecule has 0 aliphatic carbocycles. The van der Waals surface area contributed by atoms with Gasteiger partial charge in [-0.3, -0.25) is 19.2 Å². The molecule has 0 rings (SSSR count). The van der Waals surface area contributed by atoms with Crippen molar-refractivity contribution in [1.82, 2.24) is 0 Å². The molecule has 148 valence electrons. The van der Waals surface area contributed by atoms with E-state index in [0.29, 0.717) is 32.2 Å². The van der Waals surface area contributed by atoms with Gasteiger partial charge in [-0.05, 0) is 25.8 Å². The largest absolute Gasteiger partial charge is 0.481 e. The molecule has 0 aromatic heterocycles. The second-order valence-corrected chi connectivity index (χ2v) is 4.70. The van der Waals surface area contributed by atoms with Gasteiger partial charge in [0.15, 0.2) is 0 Å². The SMILES string of the molecule is NC(CCCCC(=O)O)C(=O)O.NCC(=O)O.NCCC(N)C(=O)O. The van der Waals surface area contributed by atoms with E-state index in [-0.39, 0.29) is 13.0 Å². The summed E-state index contributed by atoms with van der Waals surface area (Å²) in [4.78, 5) is 39.4. The third-order valence-corrected chi connectivity index (χ3v) is 2.44. The molecule has 0 heterocycles. The Balaban J connectivity index is -0.000000321. The molecule has 0 bridgehead atoms. The van der Waals surface area contributed by atoms with Crippen molar-refractivity contribution in [2.24, 2.45) is 22.9 Å². The van der Waals surface area contributed by atoms with E-state index < -0.39 is 36.0 Å². The number of carbonyl (C=O) groups is 4. The van der Waals surface area contributed by atoms with Gasteiger partial charge in [0.2, 0.25) is 0 Å². The van der Waals surface area contributed by atoms with Crippen molar-refractivity contribution in [2.75, 3.05) is 13.1 Å². The van der Waals surface area contributed by atoms with Crippen LogP contribution in [0.4, 0.5) is 0 Å². The van der Waals surface area contributed by atoms with Gasteiger partial charge in [-0.1, -0.05) is 6.42 Å². The number of rotatable bonds is 10. The molecule has 0 saturated carbocycles. The predicted octanol–water partition coefficient (Wildman–Crippen LogP) is -2.18. The Hall–Kier alpha value is -2.28. The molecule has 0 saturated heterocycles. The van der Waals surface area contributed by atoms with Crippen LogP contribution in [0.2, 0.25) is 0 Å². The number of nitrogens with two attached hydrogens (primary N) is 4. The van der Waals surface area contributed by atoms with Crippen molar-refractivity contribution < 1.29 is 39.6 Å². The van der Waals surface area contributed by atoms with Crippen LogP contribution in [0.3, 0.4) is 0 Å². The smallest absolute Gasteiger partial charge is 0.320 e. The first-order chi connectivity index (χ1) is 11.5. The third-order valence-electron chi connectivity index (χ3n) is 2.44. The second kappa shape index (κ2) is 18.1. The molecular weight excluding hydrogens is 340 g/mol. The highest BCUT2D eigenvalue weighted by Gasteiger charge is 2.10. The maximum atomic E-state index is 10.2. The van der Waals surface area contributed by atoms with E-state index in [9.17, 15) is 19.2 Å². The van der Waals surface area contributed by atoms with Crippen molar-refractivity contribution in [2.45, 2.75) is 44.2 Å². The molecule has 0 aromatic rings. The van der Waals surface area contributed by atoms with Gasteiger partial charge in [-0.25, -0.2) is 0 Å². The predicted molar refractivity (Wildman–Crippen MR) is 87.7 cm³/mol. The molecule has 0 aliphatic rings. The van der Waals surface area contributed by atoms with Crippen LogP contribution >= 0.6 is 0 Å². The summed E-state index contributed by atoms with van der Waals surface area (Å²) < 4.78 is 0. The van der Waals surface area contributed by atoms with Crippen LogP contribution in [-0.2, 0) is 19.2 Å². The first-order valence-electron chi connectivity index (χ1n) is 7.30. The number of hydrogen-bond donors (Lipinski definition) is 8. The normalized spacial score (nSPS) is 11.7. The summed E-state index contributed by atoms with van der Waals surface area (Å²) >= 11 is 0. The average molecular weight is 368 g/mol. The van der Waals surface area contributed by atoms with Crippen LogP contribution in [0.15, 0.2) is 0 Å². The molecule has 0 aliphatic heterocycles. The van der Waals surface area contributed by atoms with E-state index in [1.165, 1.54) is 0 Å². The number of unbranched alkanes of at least 4 members (excludes halogenated alkanes) is 1. The van der Waals surface area contributed by atoms with Crippen LogP contribution in [0.5, 0.6) is 0 Å². The fourth-order valence-electron chi connectivity index (χ4n) is 1.07. The summed E-state index contributed by atoms with van der Waals surface area (Å²) in [5.74, 6) is -3.86. The molecule has 0 radical (unpaired) electrons. The molecule has 0 amide bonds. The zero-order valence-corrected chi connectivity index (χ0v) is 13.8.